The van der Waals surface area contributed by atoms with Gasteiger partial charge in [0.05, 0.1) is 16.2 Å². The van der Waals surface area contributed by atoms with Gasteiger partial charge < -0.3 is 14.8 Å². The highest BCUT2D eigenvalue weighted by molar-refractivity contribution is 6.32. The quantitative estimate of drug-likeness (QED) is 0.770. The van der Waals surface area contributed by atoms with E-state index in [-0.39, 0.29) is 5.91 Å². The van der Waals surface area contributed by atoms with Gasteiger partial charge in [-0.1, -0.05) is 41.9 Å². The summed E-state index contributed by atoms with van der Waals surface area (Å²) in [4.78, 5) is 14.7. The molecule has 1 amide bonds. The van der Waals surface area contributed by atoms with Crippen molar-refractivity contribution in [1.82, 2.24) is 14.8 Å². The van der Waals surface area contributed by atoms with E-state index in [4.69, 9.17) is 11.6 Å². The van der Waals surface area contributed by atoms with Gasteiger partial charge in [0.15, 0.2) is 0 Å². The number of likely N-dealkylation sites (N-methyl/N-ethyl adjacent to an activating group) is 1. The van der Waals surface area contributed by atoms with E-state index in [2.05, 4.69) is 5.32 Å². The van der Waals surface area contributed by atoms with Crippen LogP contribution >= 0.6 is 11.6 Å². The Morgan fingerprint density at radius 1 is 1.12 bits per heavy atom. The second kappa shape index (κ2) is 7.07. The molecule has 4 nitrogen and oxygen atoms in total. The lowest BCUT2D eigenvalue weighted by Crippen LogP contribution is -2.32. The van der Waals surface area contributed by atoms with Crippen molar-refractivity contribution in [3.8, 4) is 5.69 Å². The molecular weight excluding hydrogens is 322 g/mol. The van der Waals surface area contributed by atoms with Crippen molar-refractivity contribution in [3.63, 3.8) is 0 Å². The Hall–Kier alpha value is -2.30. The number of carbonyl (C=O) groups excluding carboxylic acids is 1. The van der Waals surface area contributed by atoms with Crippen molar-refractivity contribution >= 4 is 28.4 Å². The summed E-state index contributed by atoms with van der Waals surface area (Å²) in [6, 6.07) is 17.4. The lowest BCUT2D eigenvalue weighted by atomic mass is 10.2. The van der Waals surface area contributed by atoms with Crippen molar-refractivity contribution in [2.24, 2.45) is 0 Å². The molecule has 1 heterocycles. The van der Waals surface area contributed by atoms with Crippen LogP contribution in [-0.2, 0) is 0 Å². The third-order valence-corrected chi connectivity index (χ3v) is 4.20. The maximum absolute atomic E-state index is 12.7. The molecule has 1 N–H and O–H groups in total. The predicted molar refractivity (Wildman–Crippen MR) is 99.2 cm³/mol. The SMILES string of the molecule is CN(C)CCNC(=O)c1cc2ccccc2n1-c1ccccc1Cl. The zero-order valence-electron chi connectivity index (χ0n) is 13.8. The molecule has 0 saturated carbocycles. The lowest BCUT2D eigenvalue weighted by Gasteiger charge is -2.14. The van der Waals surface area contributed by atoms with Crippen LogP contribution in [0.1, 0.15) is 10.5 Å². The standard InChI is InChI=1S/C19H20ClN3O/c1-22(2)12-11-21-19(24)18-13-14-7-3-5-9-16(14)23(18)17-10-6-4-8-15(17)20/h3-10,13H,11-12H2,1-2H3,(H,21,24). The number of halogens is 1. The van der Waals surface area contributed by atoms with Gasteiger partial charge in [-0.15, -0.1) is 0 Å². The monoisotopic (exact) mass is 341 g/mol. The van der Waals surface area contributed by atoms with E-state index < -0.39 is 0 Å². The summed E-state index contributed by atoms with van der Waals surface area (Å²) in [6.07, 6.45) is 0. The van der Waals surface area contributed by atoms with Crippen molar-refractivity contribution in [2.45, 2.75) is 0 Å². The summed E-state index contributed by atoms with van der Waals surface area (Å²) < 4.78 is 1.92. The van der Waals surface area contributed by atoms with Crippen LogP contribution in [0.2, 0.25) is 5.02 Å². The molecule has 3 rings (SSSR count). The molecule has 0 aliphatic rings. The van der Waals surface area contributed by atoms with E-state index in [1.807, 2.05) is 78.2 Å². The number of hydrogen-bond donors (Lipinski definition) is 1. The van der Waals surface area contributed by atoms with Crippen LogP contribution in [0.25, 0.3) is 16.6 Å². The molecule has 0 spiro atoms. The number of nitrogens with one attached hydrogen (secondary N) is 1. The highest BCUT2D eigenvalue weighted by atomic mass is 35.5. The van der Waals surface area contributed by atoms with Crippen molar-refractivity contribution < 1.29 is 4.79 Å². The fourth-order valence-electron chi connectivity index (χ4n) is 2.70. The number of carbonyl (C=O) groups is 1. The Bertz CT molecular complexity index is 870. The number of amides is 1. The molecule has 0 radical (unpaired) electrons. The summed E-state index contributed by atoms with van der Waals surface area (Å²) in [6.45, 7) is 1.38. The van der Waals surface area contributed by atoms with E-state index in [1.165, 1.54) is 0 Å². The van der Waals surface area contributed by atoms with E-state index in [9.17, 15) is 4.79 Å². The van der Waals surface area contributed by atoms with Gasteiger partial charge in [-0.2, -0.15) is 0 Å². The van der Waals surface area contributed by atoms with Crippen LogP contribution in [0.4, 0.5) is 0 Å². The predicted octanol–water partition coefficient (Wildman–Crippen LogP) is 3.58. The number of aromatic nitrogens is 1. The van der Waals surface area contributed by atoms with Crippen LogP contribution in [0.5, 0.6) is 0 Å². The Balaban J connectivity index is 2.06. The molecule has 0 fully saturated rings. The van der Waals surface area contributed by atoms with Crippen LogP contribution < -0.4 is 5.32 Å². The van der Waals surface area contributed by atoms with Gasteiger partial charge in [-0.25, -0.2) is 0 Å². The van der Waals surface area contributed by atoms with E-state index in [0.717, 1.165) is 23.1 Å². The highest BCUT2D eigenvalue weighted by Gasteiger charge is 2.17. The Morgan fingerprint density at radius 3 is 2.58 bits per heavy atom. The molecular formula is C19H20ClN3O. The highest BCUT2D eigenvalue weighted by Crippen LogP contribution is 2.28. The minimum atomic E-state index is -0.104. The molecule has 3 aromatic rings. The summed E-state index contributed by atoms with van der Waals surface area (Å²) >= 11 is 6.38. The zero-order valence-corrected chi connectivity index (χ0v) is 14.5. The molecule has 0 atom stereocenters. The Labute approximate surface area is 146 Å². The summed E-state index contributed by atoms with van der Waals surface area (Å²) in [7, 11) is 3.96. The van der Waals surface area contributed by atoms with Crippen LogP contribution in [0.15, 0.2) is 54.6 Å². The molecule has 0 unspecified atom stereocenters. The largest absolute Gasteiger partial charge is 0.349 e. The molecule has 0 saturated heterocycles. The topological polar surface area (TPSA) is 37.3 Å². The maximum Gasteiger partial charge on any atom is 0.268 e. The van der Waals surface area contributed by atoms with E-state index >= 15 is 0 Å². The summed E-state index contributed by atoms with van der Waals surface area (Å²) in [5, 5.41) is 4.60. The second-order valence-corrected chi connectivity index (χ2v) is 6.34. The lowest BCUT2D eigenvalue weighted by molar-refractivity contribution is 0.0944. The molecule has 24 heavy (non-hydrogen) atoms. The normalized spacial score (nSPS) is 11.2. The number of hydrogen-bond acceptors (Lipinski definition) is 2. The second-order valence-electron chi connectivity index (χ2n) is 5.93. The molecule has 0 bridgehead atoms. The van der Waals surface area contributed by atoms with E-state index in [1.54, 1.807) is 0 Å². The van der Waals surface area contributed by atoms with Crippen LogP contribution in [0, 0.1) is 0 Å². The average molecular weight is 342 g/mol. The molecule has 2 aromatic carbocycles. The van der Waals surface area contributed by atoms with Crippen molar-refractivity contribution in [3.05, 3.63) is 65.3 Å². The summed E-state index contributed by atoms with van der Waals surface area (Å²) in [5.74, 6) is -0.104. The zero-order chi connectivity index (χ0) is 17.1. The van der Waals surface area contributed by atoms with Gasteiger partial charge in [-0.05, 0) is 38.4 Å². The van der Waals surface area contributed by atoms with Gasteiger partial charge >= 0.3 is 0 Å². The average Bonchev–Trinajstić information content (AvgIpc) is 2.94. The van der Waals surface area contributed by atoms with Gasteiger partial charge in [-0.3, -0.25) is 4.79 Å². The first-order valence-electron chi connectivity index (χ1n) is 7.86. The molecule has 5 heteroatoms. The minimum absolute atomic E-state index is 0.104. The molecule has 0 aliphatic carbocycles. The number of para-hydroxylation sites is 2. The van der Waals surface area contributed by atoms with Gasteiger partial charge in [0.25, 0.3) is 5.91 Å². The third-order valence-electron chi connectivity index (χ3n) is 3.88. The number of nitrogens with zero attached hydrogens (tertiary/aromatic N) is 2. The van der Waals surface area contributed by atoms with E-state index in [0.29, 0.717) is 17.3 Å². The first-order valence-corrected chi connectivity index (χ1v) is 8.24. The number of fused-ring (bicyclic) bond motifs is 1. The molecule has 0 aliphatic heterocycles. The molecule has 1 aromatic heterocycles. The maximum atomic E-state index is 12.7. The summed E-state index contributed by atoms with van der Waals surface area (Å²) in [5.41, 5.74) is 2.35. The van der Waals surface area contributed by atoms with Crippen LogP contribution in [-0.4, -0.2) is 42.6 Å². The van der Waals surface area contributed by atoms with Crippen molar-refractivity contribution in [2.75, 3.05) is 27.2 Å². The van der Waals surface area contributed by atoms with Crippen LogP contribution in [0.3, 0.4) is 0 Å². The van der Waals surface area contributed by atoms with Gasteiger partial charge in [0.1, 0.15) is 5.69 Å². The number of rotatable bonds is 5. The smallest absolute Gasteiger partial charge is 0.268 e. The molecule has 124 valence electrons. The number of benzene rings is 2. The minimum Gasteiger partial charge on any atom is -0.349 e. The van der Waals surface area contributed by atoms with Gasteiger partial charge in [0, 0.05) is 18.5 Å². The first-order chi connectivity index (χ1) is 11.6. The Kier molecular flexibility index (Phi) is 4.88. The van der Waals surface area contributed by atoms with Crippen molar-refractivity contribution in [1.29, 1.82) is 0 Å². The Morgan fingerprint density at radius 2 is 1.83 bits per heavy atom. The first kappa shape index (κ1) is 16.6. The van der Waals surface area contributed by atoms with Gasteiger partial charge in [0.2, 0.25) is 0 Å². The fourth-order valence-corrected chi connectivity index (χ4v) is 2.92. The third kappa shape index (κ3) is 3.30. The fraction of sp³-hybridized carbons (Fsp3) is 0.211.